The molecule has 0 radical (unpaired) electrons. The lowest BCUT2D eigenvalue weighted by Crippen LogP contribution is -2.24. The molecule has 0 amide bonds. The molecule has 0 saturated carbocycles. The number of aromatic nitrogens is 3. The molecule has 0 saturated heterocycles. The minimum absolute atomic E-state index is 0.0253. The summed E-state index contributed by atoms with van der Waals surface area (Å²) >= 11 is 6.16. The summed E-state index contributed by atoms with van der Waals surface area (Å²) in [5, 5.41) is 8.74. The van der Waals surface area contributed by atoms with Crippen molar-refractivity contribution in [3.05, 3.63) is 11.1 Å². The Kier molecular flexibility index (Phi) is 4.00. The van der Waals surface area contributed by atoms with E-state index in [-0.39, 0.29) is 5.41 Å². The zero-order valence-electron chi connectivity index (χ0n) is 11.1. The Morgan fingerprint density at radius 3 is 2.19 bits per heavy atom. The molecule has 0 aliphatic heterocycles. The van der Waals surface area contributed by atoms with Gasteiger partial charge in [0, 0.05) is 11.5 Å². The third-order valence-electron chi connectivity index (χ3n) is 2.84. The summed E-state index contributed by atoms with van der Waals surface area (Å²) in [4.78, 5) is 0. The molecule has 1 rings (SSSR count). The van der Waals surface area contributed by atoms with E-state index in [1.54, 1.807) is 0 Å². The summed E-state index contributed by atoms with van der Waals surface area (Å²) < 4.78 is 2.09. The predicted molar refractivity (Wildman–Crippen MR) is 67.9 cm³/mol. The van der Waals surface area contributed by atoms with Crippen LogP contribution >= 0.6 is 11.6 Å². The van der Waals surface area contributed by atoms with Crippen molar-refractivity contribution in [1.82, 2.24) is 14.8 Å². The second-order valence-electron chi connectivity index (χ2n) is 5.63. The van der Waals surface area contributed by atoms with Gasteiger partial charge in [-0.05, 0) is 23.9 Å². The molecule has 0 aliphatic carbocycles. The van der Waals surface area contributed by atoms with Crippen molar-refractivity contribution >= 4 is 11.6 Å². The number of halogens is 1. The normalized spacial score (nSPS) is 14.5. The maximum atomic E-state index is 6.16. The number of hydrogen-bond acceptors (Lipinski definition) is 2. The molecule has 1 unspecified atom stereocenters. The van der Waals surface area contributed by atoms with Crippen molar-refractivity contribution in [3.63, 3.8) is 0 Å². The molecule has 4 heteroatoms. The zero-order valence-corrected chi connectivity index (χ0v) is 11.8. The lowest BCUT2D eigenvalue weighted by Gasteiger charge is -2.27. The van der Waals surface area contributed by atoms with Crippen LogP contribution < -0.4 is 0 Å². The Balaban J connectivity index is 3.25. The summed E-state index contributed by atoms with van der Waals surface area (Å²) in [5.74, 6) is 1.50. The standard InChI is InChI=1S/C12H22ClN3/c1-7-9(8(2)3)16-10(12(4,5)6)14-15-11(16)13/h8-9H,7H2,1-6H3. The van der Waals surface area contributed by atoms with E-state index in [4.69, 9.17) is 11.6 Å². The minimum atomic E-state index is -0.0253. The fourth-order valence-corrected chi connectivity index (χ4v) is 2.27. The number of rotatable bonds is 3. The summed E-state index contributed by atoms with van der Waals surface area (Å²) in [7, 11) is 0. The van der Waals surface area contributed by atoms with E-state index < -0.39 is 0 Å². The van der Waals surface area contributed by atoms with Crippen LogP contribution in [0, 0.1) is 5.92 Å². The minimum Gasteiger partial charge on any atom is -0.298 e. The van der Waals surface area contributed by atoms with Gasteiger partial charge in [-0.25, -0.2) is 0 Å². The van der Waals surface area contributed by atoms with Crippen LogP contribution in [0.2, 0.25) is 5.28 Å². The first-order valence-electron chi connectivity index (χ1n) is 5.89. The fourth-order valence-electron chi connectivity index (χ4n) is 2.03. The van der Waals surface area contributed by atoms with E-state index in [9.17, 15) is 0 Å². The van der Waals surface area contributed by atoms with Gasteiger partial charge < -0.3 is 0 Å². The van der Waals surface area contributed by atoms with Crippen molar-refractivity contribution in [2.45, 2.75) is 59.4 Å². The van der Waals surface area contributed by atoms with Gasteiger partial charge in [0.25, 0.3) is 0 Å². The van der Waals surface area contributed by atoms with Crippen LogP contribution in [0.3, 0.4) is 0 Å². The van der Waals surface area contributed by atoms with Gasteiger partial charge in [-0.15, -0.1) is 10.2 Å². The molecule has 3 nitrogen and oxygen atoms in total. The van der Waals surface area contributed by atoms with Gasteiger partial charge in [-0.1, -0.05) is 41.5 Å². The summed E-state index contributed by atoms with van der Waals surface area (Å²) in [5.41, 5.74) is -0.0253. The van der Waals surface area contributed by atoms with E-state index in [0.29, 0.717) is 17.2 Å². The molecular formula is C12H22ClN3. The second kappa shape index (κ2) is 4.74. The monoisotopic (exact) mass is 243 g/mol. The highest BCUT2D eigenvalue weighted by molar-refractivity contribution is 6.28. The molecule has 1 heterocycles. The van der Waals surface area contributed by atoms with Crippen LogP contribution in [0.5, 0.6) is 0 Å². The first-order chi connectivity index (χ1) is 7.29. The van der Waals surface area contributed by atoms with Crippen LogP contribution in [0.1, 0.15) is 59.8 Å². The maximum absolute atomic E-state index is 6.16. The van der Waals surface area contributed by atoms with Crippen LogP contribution in [0.4, 0.5) is 0 Å². The highest BCUT2D eigenvalue weighted by atomic mass is 35.5. The highest BCUT2D eigenvalue weighted by Crippen LogP contribution is 2.31. The smallest absolute Gasteiger partial charge is 0.225 e. The van der Waals surface area contributed by atoms with Crippen LogP contribution in [0.15, 0.2) is 0 Å². The van der Waals surface area contributed by atoms with Gasteiger partial charge >= 0.3 is 0 Å². The summed E-state index contributed by atoms with van der Waals surface area (Å²) in [6.07, 6.45) is 1.04. The molecule has 1 atom stereocenters. The molecule has 16 heavy (non-hydrogen) atoms. The quantitative estimate of drug-likeness (QED) is 0.808. The third kappa shape index (κ3) is 2.57. The third-order valence-corrected chi connectivity index (χ3v) is 3.10. The van der Waals surface area contributed by atoms with Crippen LogP contribution in [-0.2, 0) is 5.41 Å². The Labute approximate surface area is 103 Å². The summed E-state index contributed by atoms with van der Waals surface area (Å²) in [6, 6.07) is 0.372. The van der Waals surface area contributed by atoms with E-state index in [0.717, 1.165) is 12.2 Å². The molecule has 92 valence electrons. The van der Waals surface area contributed by atoms with E-state index in [1.165, 1.54) is 0 Å². The average molecular weight is 244 g/mol. The topological polar surface area (TPSA) is 30.7 Å². The maximum Gasteiger partial charge on any atom is 0.225 e. The average Bonchev–Trinajstić information content (AvgIpc) is 2.48. The Hall–Kier alpha value is -0.570. The Bertz CT molecular complexity index is 350. The molecule has 0 spiro atoms. The van der Waals surface area contributed by atoms with Crippen LogP contribution in [-0.4, -0.2) is 14.8 Å². The van der Waals surface area contributed by atoms with Crippen molar-refractivity contribution in [1.29, 1.82) is 0 Å². The van der Waals surface area contributed by atoms with Gasteiger partial charge in [-0.3, -0.25) is 4.57 Å². The molecule has 1 aromatic heterocycles. The number of nitrogens with zero attached hydrogens (tertiary/aromatic N) is 3. The van der Waals surface area contributed by atoms with Crippen LogP contribution in [0.25, 0.3) is 0 Å². The largest absolute Gasteiger partial charge is 0.298 e. The van der Waals surface area contributed by atoms with E-state index in [1.807, 2.05) is 0 Å². The fraction of sp³-hybridized carbons (Fsp3) is 0.833. The predicted octanol–water partition coefficient (Wildman–Crippen LogP) is 3.84. The molecule has 0 aromatic carbocycles. The van der Waals surface area contributed by atoms with E-state index in [2.05, 4.69) is 56.3 Å². The molecule has 1 aromatic rings. The first-order valence-corrected chi connectivity index (χ1v) is 6.27. The number of hydrogen-bond donors (Lipinski definition) is 0. The van der Waals surface area contributed by atoms with Crippen molar-refractivity contribution in [3.8, 4) is 0 Å². The lowest BCUT2D eigenvalue weighted by molar-refractivity contribution is 0.338. The Morgan fingerprint density at radius 2 is 1.81 bits per heavy atom. The SMILES string of the molecule is CCC(C(C)C)n1c(Cl)nnc1C(C)(C)C. The van der Waals surface area contributed by atoms with Crippen molar-refractivity contribution < 1.29 is 0 Å². The van der Waals surface area contributed by atoms with Gasteiger partial charge in [0.2, 0.25) is 5.28 Å². The van der Waals surface area contributed by atoms with Gasteiger partial charge in [0.1, 0.15) is 5.82 Å². The molecule has 0 fully saturated rings. The first kappa shape index (κ1) is 13.5. The Morgan fingerprint density at radius 1 is 1.25 bits per heavy atom. The molecule has 0 N–H and O–H groups in total. The highest BCUT2D eigenvalue weighted by Gasteiger charge is 2.28. The lowest BCUT2D eigenvalue weighted by atomic mass is 9.93. The zero-order chi connectivity index (χ0) is 12.5. The van der Waals surface area contributed by atoms with Crippen molar-refractivity contribution in [2.24, 2.45) is 5.92 Å². The second-order valence-corrected chi connectivity index (χ2v) is 5.97. The van der Waals surface area contributed by atoms with Gasteiger partial charge in [-0.2, -0.15) is 0 Å². The molecular weight excluding hydrogens is 222 g/mol. The summed E-state index contributed by atoms with van der Waals surface area (Å²) in [6.45, 7) is 13.0. The molecule has 0 bridgehead atoms. The van der Waals surface area contributed by atoms with E-state index >= 15 is 0 Å². The van der Waals surface area contributed by atoms with Gasteiger partial charge in [0.05, 0.1) is 0 Å². The van der Waals surface area contributed by atoms with Gasteiger partial charge in [0.15, 0.2) is 0 Å². The molecule has 0 aliphatic rings. The van der Waals surface area contributed by atoms with Crippen molar-refractivity contribution in [2.75, 3.05) is 0 Å².